The molecule has 0 radical (unpaired) electrons. The van der Waals surface area contributed by atoms with Crippen molar-refractivity contribution in [3.63, 3.8) is 0 Å². The molecule has 1 N–H and O–H groups in total. The maximum Gasteiger partial charge on any atom is 0.180 e. The Kier molecular flexibility index (Phi) is 8.04. The fourth-order valence-electron chi connectivity index (χ4n) is 1.08. The molecule has 1 saturated carbocycles. The Morgan fingerprint density at radius 1 is 1.00 bits per heavy atom. The molecule has 0 heterocycles. The number of hydrogen-bond donors (Lipinski definition) is 1. The van der Waals surface area contributed by atoms with Gasteiger partial charge in [-0.15, -0.1) is 0 Å². The minimum absolute atomic E-state index is 0.0359. The number of aliphatic hydroxyl groups excluding tert-OH is 1. The fourth-order valence-corrected chi connectivity index (χ4v) is 1.08. The SMILES string of the molecule is ClC(Cl)Cl.OC1CCCCC1. The zero-order valence-electron chi connectivity index (χ0n) is 6.27. The third-order valence-electron chi connectivity index (χ3n) is 1.57. The molecule has 4 heteroatoms. The van der Waals surface area contributed by atoms with Gasteiger partial charge in [0.25, 0.3) is 0 Å². The summed E-state index contributed by atoms with van der Waals surface area (Å²) in [6.07, 6.45) is 5.92. The van der Waals surface area contributed by atoms with Crippen LogP contribution in [0.25, 0.3) is 0 Å². The molecular weight excluding hydrogens is 206 g/mol. The van der Waals surface area contributed by atoms with Crippen LogP contribution >= 0.6 is 34.8 Å². The number of halogens is 3. The van der Waals surface area contributed by atoms with E-state index in [-0.39, 0.29) is 6.10 Å². The van der Waals surface area contributed by atoms with Crippen LogP contribution < -0.4 is 0 Å². The van der Waals surface area contributed by atoms with Gasteiger partial charge in [-0.2, -0.15) is 0 Å². The summed E-state index contributed by atoms with van der Waals surface area (Å²) in [5, 5.41) is 8.91. The van der Waals surface area contributed by atoms with Gasteiger partial charge in [0.05, 0.1) is 6.10 Å². The maximum atomic E-state index is 8.91. The molecule has 0 saturated heterocycles. The van der Waals surface area contributed by atoms with E-state index in [1.807, 2.05) is 0 Å². The van der Waals surface area contributed by atoms with E-state index in [2.05, 4.69) is 0 Å². The first-order valence-electron chi connectivity index (χ1n) is 3.73. The standard InChI is InChI=1S/C6H12O.CHCl3/c7-6-4-2-1-3-5-6;2-1(3)4/h6-7H,1-5H2;1H. The largest absolute Gasteiger partial charge is 0.393 e. The van der Waals surface area contributed by atoms with Crippen molar-refractivity contribution in [3.8, 4) is 0 Å². The van der Waals surface area contributed by atoms with Crippen molar-refractivity contribution in [3.05, 3.63) is 0 Å². The predicted octanol–water partition coefficient (Wildman–Crippen LogP) is 3.30. The van der Waals surface area contributed by atoms with E-state index < -0.39 is 4.30 Å². The second kappa shape index (κ2) is 7.48. The van der Waals surface area contributed by atoms with Crippen molar-refractivity contribution >= 4 is 34.8 Å². The second-order valence-corrected chi connectivity index (χ2v) is 4.52. The molecule has 0 aromatic rings. The van der Waals surface area contributed by atoms with Crippen LogP contribution in [0.5, 0.6) is 0 Å². The Balaban J connectivity index is 0.000000218. The molecule has 0 atom stereocenters. The molecule has 1 rings (SSSR count). The van der Waals surface area contributed by atoms with Crippen molar-refractivity contribution in [2.24, 2.45) is 0 Å². The van der Waals surface area contributed by atoms with Gasteiger partial charge in [0.1, 0.15) is 0 Å². The summed E-state index contributed by atoms with van der Waals surface area (Å²) in [4.78, 5) is 0. The number of hydrogen-bond acceptors (Lipinski definition) is 1. The normalized spacial score (nSPS) is 19.4. The molecule has 0 aliphatic heterocycles. The Morgan fingerprint density at radius 2 is 1.36 bits per heavy atom. The van der Waals surface area contributed by atoms with Crippen LogP contribution in [0.15, 0.2) is 0 Å². The summed E-state index contributed by atoms with van der Waals surface area (Å²) in [6.45, 7) is 0. The van der Waals surface area contributed by atoms with Crippen LogP contribution in [0.2, 0.25) is 0 Å². The predicted molar refractivity (Wildman–Crippen MR) is 50.4 cm³/mol. The monoisotopic (exact) mass is 218 g/mol. The summed E-state index contributed by atoms with van der Waals surface area (Å²) in [6, 6.07) is 0. The quantitative estimate of drug-likeness (QED) is 0.620. The van der Waals surface area contributed by atoms with Crippen molar-refractivity contribution in [2.45, 2.75) is 42.5 Å². The van der Waals surface area contributed by atoms with Gasteiger partial charge in [-0.25, -0.2) is 0 Å². The molecule has 1 nitrogen and oxygen atoms in total. The molecule has 68 valence electrons. The molecule has 0 aromatic carbocycles. The molecule has 1 fully saturated rings. The van der Waals surface area contributed by atoms with E-state index >= 15 is 0 Å². The van der Waals surface area contributed by atoms with Crippen LogP contribution in [-0.2, 0) is 0 Å². The van der Waals surface area contributed by atoms with E-state index in [1.54, 1.807) is 0 Å². The van der Waals surface area contributed by atoms with Gasteiger partial charge in [-0.1, -0.05) is 54.1 Å². The van der Waals surface area contributed by atoms with Gasteiger partial charge in [0, 0.05) is 0 Å². The number of rotatable bonds is 0. The smallest absolute Gasteiger partial charge is 0.180 e. The lowest BCUT2D eigenvalue weighted by Crippen LogP contribution is -2.09. The van der Waals surface area contributed by atoms with Gasteiger partial charge in [-0.3, -0.25) is 0 Å². The van der Waals surface area contributed by atoms with Gasteiger partial charge in [0.2, 0.25) is 0 Å². The third kappa shape index (κ3) is 10.8. The Morgan fingerprint density at radius 3 is 1.55 bits per heavy atom. The zero-order chi connectivity index (χ0) is 8.69. The Bertz CT molecular complexity index is 79.0. The first kappa shape index (κ1) is 11.8. The highest BCUT2D eigenvalue weighted by atomic mass is 35.6. The first-order valence-corrected chi connectivity index (χ1v) is 5.04. The number of alkyl halides is 3. The minimum atomic E-state index is -0.750. The van der Waals surface area contributed by atoms with Crippen LogP contribution in [0, 0.1) is 0 Å². The summed E-state index contributed by atoms with van der Waals surface area (Å²) >= 11 is 14.4. The fraction of sp³-hybridized carbons (Fsp3) is 1.00. The zero-order valence-corrected chi connectivity index (χ0v) is 8.54. The molecule has 0 unspecified atom stereocenters. The molecule has 1 aliphatic rings. The summed E-state index contributed by atoms with van der Waals surface area (Å²) < 4.78 is -0.750. The van der Waals surface area contributed by atoms with Gasteiger partial charge < -0.3 is 5.11 Å². The minimum Gasteiger partial charge on any atom is -0.393 e. The van der Waals surface area contributed by atoms with Gasteiger partial charge in [0.15, 0.2) is 4.30 Å². The Hall–Kier alpha value is 0.830. The van der Waals surface area contributed by atoms with Crippen LogP contribution in [0.1, 0.15) is 32.1 Å². The van der Waals surface area contributed by atoms with E-state index in [9.17, 15) is 0 Å². The second-order valence-electron chi connectivity index (χ2n) is 2.54. The van der Waals surface area contributed by atoms with Crippen molar-refractivity contribution in [1.29, 1.82) is 0 Å². The lowest BCUT2D eigenvalue weighted by molar-refractivity contribution is 0.130. The summed E-state index contributed by atoms with van der Waals surface area (Å²) in [7, 11) is 0. The van der Waals surface area contributed by atoms with Crippen LogP contribution in [0.4, 0.5) is 0 Å². The molecule has 0 aromatic heterocycles. The highest BCUT2D eigenvalue weighted by molar-refractivity contribution is 6.63. The van der Waals surface area contributed by atoms with E-state index in [1.165, 1.54) is 19.3 Å². The highest BCUT2D eigenvalue weighted by Crippen LogP contribution is 2.16. The van der Waals surface area contributed by atoms with E-state index in [0.29, 0.717) is 0 Å². The van der Waals surface area contributed by atoms with Crippen molar-refractivity contribution < 1.29 is 5.11 Å². The topological polar surface area (TPSA) is 20.2 Å². The average molecular weight is 220 g/mol. The van der Waals surface area contributed by atoms with E-state index in [0.717, 1.165) is 12.8 Å². The molecule has 0 amide bonds. The molecule has 11 heavy (non-hydrogen) atoms. The molecule has 0 spiro atoms. The average Bonchev–Trinajstić information content (AvgIpc) is 1.87. The first-order chi connectivity index (χ1) is 5.13. The summed E-state index contributed by atoms with van der Waals surface area (Å²) in [5.41, 5.74) is 0. The van der Waals surface area contributed by atoms with Crippen LogP contribution in [-0.4, -0.2) is 15.5 Å². The summed E-state index contributed by atoms with van der Waals surface area (Å²) in [5.74, 6) is 0. The van der Waals surface area contributed by atoms with E-state index in [4.69, 9.17) is 39.9 Å². The van der Waals surface area contributed by atoms with Gasteiger partial charge >= 0.3 is 0 Å². The third-order valence-corrected chi connectivity index (χ3v) is 1.57. The molecule has 1 aliphatic carbocycles. The molecule has 0 bridgehead atoms. The molecular formula is C7H13Cl3O. The van der Waals surface area contributed by atoms with Crippen LogP contribution in [0.3, 0.4) is 0 Å². The van der Waals surface area contributed by atoms with Gasteiger partial charge in [-0.05, 0) is 12.8 Å². The Labute approximate surface area is 82.6 Å². The highest BCUT2D eigenvalue weighted by Gasteiger charge is 2.07. The van der Waals surface area contributed by atoms with Crippen molar-refractivity contribution in [2.75, 3.05) is 0 Å². The van der Waals surface area contributed by atoms with Crippen molar-refractivity contribution in [1.82, 2.24) is 0 Å². The maximum absolute atomic E-state index is 8.91. The lowest BCUT2D eigenvalue weighted by atomic mass is 9.98. The lowest BCUT2D eigenvalue weighted by Gasteiger charge is -2.14. The number of aliphatic hydroxyl groups is 1.